The van der Waals surface area contributed by atoms with Crippen molar-refractivity contribution >= 4 is 28.8 Å². The maximum absolute atomic E-state index is 12.9. The minimum Gasteiger partial charge on any atom is -0.320 e. The number of pyridine rings is 1. The molecule has 0 bridgehead atoms. The number of imidazole rings is 1. The lowest BCUT2D eigenvalue weighted by Crippen LogP contribution is -2.17. The van der Waals surface area contributed by atoms with E-state index in [1.165, 1.54) is 0 Å². The van der Waals surface area contributed by atoms with E-state index in [-0.39, 0.29) is 5.91 Å². The highest BCUT2D eigenvalue weighted by Gasteiger charge is 2.19. The number of rotatable bonds is 5. The Morgan fingerprint density at radius 3 is 2.75 bits per heavy atom. The van der Waals surface area contributed by atoms with Crippen LogP contribution >= 0.6 is 11.6 Å². The van der Waals surface area contributed by atoms with Crippen molar-refractivity contribution in [2.45, 2.75) is 33.1 Å². The number of aromatic nitrogens is 2. The Bertz CT molecular complexity index is 885. The first-order valence-electron chi connectivity index (χ1n) is 8.19. The van der Waals surface area contributed by atoms with Gasteiger partial charge in [-0.1, -0.05) is 50.1 Å². The van der Waals surface area contributed by atoms with E-state index in [0.717, 1.165) is 41.9 Å². The lowest BCUT2D eigenvalue weighted by molar-refractivity contribution is 0.102. The summed E-state index contributed by atoms with van der Waals surface area (Å²) < 4.78 is 1.78. The third-order valence-corrected chi connectivity index (χ3v) is 4.23. The van der Waals surface area contributed by atoms with Crippen molar-refractivity contribution in [3.05, 3.63) is 64.6 Å². The number of carbonyl (C=O) groups is 1. The number of carbonyl (C=O) groups excluding carboxylic acids is 1. The second kappa shape index (κ2) is 7.05. The molecule has 2 heterocycles. The molecule has 0 aliphatic rings. The van der Waals surface area contributed by atoms with Crippen molar-refractivity contribution in [3.8, 4) is 0 Å². The summed E-state index contributed by atoms with van der Waals surface area (Å²) in [6.45, 7) is 4.15. The van der Waals surface area contributed by atoms with Crippen LogP contribution in [0.5, 0.6) is 0 Å². The standard InChI is InChI=1S/C19H20ClN3O/c1-3-7-16-18(23-12-14(20)10-11-17(23)21-16)19(24)22-15-9-6-5-8-13(15)4-2/h5-6,8-12H,3-4,7H2,1-2H3,(H,22,24). The largest absolute Gasteiger partial charge is 0.320 e. The molecule has 124 valence electrons. The molecule has 0 aliphatic heterocycles. The highest BCUT2D eigenvalue weighted by Crippen LogP contribution is 2.21. The number of nitrogens with one attached hydrogen (secondary N) is 1. The SMILES string of the molecule is CCCc1nc2ccc(Cl)cn2c1C(=O)Nc1ccccc1CC. The average molecular weight is 342 g/mol. The van der Waals surface area contributed by atoms with Gasteiger partial charge in [-0.05, 0) is 36.6 Å². The third kappa shape index (κ3) is 3.15. The molecule has 2 aromatic heterocycles. The zero-order valence-electron chi connectivity index (χ0n) is 13.8. The molecule has 0 fully saturated rings. The molecular weight excluding hydrogens is 322 g/mol. The summed E-state index contributed by atoms with van der Waals surface area (Å²) in [6, 6.07) is 11.5. The fraction of sp³-hybridized carbons (Fsp3) is 0.263. The van der Waals surface area contributed by atoms with Gasteiger partial charge in [-0.15, -0.1) is 0 Å². The molecule has 0 unspecified atom stereocenters. The average Bonchev–Trinajstić information content (AvgIpc) is 2.93. The van der Waals surface area contributed by atoms with Crippen LogP contribution in [0.2, 0.25) is 5.02 Å². The second-order valence-corrected chi connectivity index (χ2v) is 6.13. The molecule has 0 spiro atoms. The summed E-state index contributed by atoms with van der Waals surface area (Å²) in [5, 5.41) is 3.61. The molecule has 5 heteroatoms. The van der Waals surface area contributed by atoms with Gasteiger partial charge in [-0.25, -0.2) is 4.98 Å². The van der Waals surface area contributed by atoms with Crippen LogP contribution in [0.3, 0.4) is 0 Å². The number of benzene rings is 1. The number of amides is 1. The molecule has 4 nitrogen and oxygen atoms in total. The normalized spacial score (nSPS) is 11.0. The van der Waals surface area contributed by atoms with E-state index < -0.39 is 0 Å². The van der Waals surface area contributed by atoms with Crippen LogP contribution in [-0.2, 0) is 12.8 Å². The third-order valence-electron chi connectivity index (χ3n) is 4.00. The summed E-state index contributed by atoms with van der Waals surface area (Å²) in [5.74, 6) is -0.158. The topological polar surface area (TPSA) is 46.4 Å². The molecular formula is C19H20ClN3O. The Labute approximate surface area is 146 Å². The van der Waals surface area contributed by atoms with Crippen LogP contribution in [0.25, 0.3) is 5.65 Å². The van der Waals surface area contributed by atoms with Gasteiger partial charge in [0, 0.05) is 11.9 Å². The summed E-state index contributed by atoms with van der Waals surface area (Å²) in [6.07, 6.45) is 4.27. The Kier molecular flexibility index (Phi) is 4.86. The van der Waals surface area contributed by atoms with Crippen LogP contribution in [0.1, 0.15) is 42.0 Å². The molecule has 0 atom stereocenters. The molecule has 1 aromatic carbocycles. The van der Waals surface area contributed by atoms with Crippen molar-refractivity contribution < 1.29 is 4.79 Å². The van der Waals surface area contributed by atoms with Gasteiger partial charge in [0.15, 0.2) is 0 Å². The van der Waals surface area contributed by atoms with Gasteiger partial charge in [0.2, 0.25) is 0 Å². The highest BCUT2D eigenvalue weighted by atomic mass is 35.5. The molecule has 24 heavy (non-hydrogen) atoms. The van der Waals surface area contributed by atoms with Crippen molar-refractivity contribution in [2.24, 2.45) is 0 Å². The molecule has 1 N–H and O–H groups in total. The number of hydrogen-bond donors (Lipinski definition) is 1. The predicted octanol–water partition coefficient (Wildman–Crippen LogP) is 4.75. The molecule has 0 radical (unpaired) electrons. The Morgan fingerprint density at radius 2 is 2.00 bits per heavy atom. The summed E-state index contributed by atoms with van der Waals surface area (Å²) in [5.41, 5.74) is 4.03. The number of fused-ring (bicyclic) bond motifs is 1. The van der Waals surface area contributed by atoms with Gasteiger partial charge in [0.25, 0.3) is 5.91 Å². The molecule has 0 saturated carbocycles. The number of anilines is 1. The van der Waals surface area contributed by atoms with E-state index in [2.05, 4.69) is 24.1 Å². The van der Waals surface area contributed by atoms with E-state index in [1.54, 1.807) is 16.7 Å². The number of para-hydroxylation sites is 1. The van der Waals surface area contributed by atoms with Crippen molar-refractivity contribution in [1.82, 2.24) is 9.38 Å². The lowest BCUT2D eigenvalue weighted by atomic mass is 10.1. The molecule has 3 aromatic rings. The molecule has 0 aliphatic carbocycles. The van der Waals surface area contributed by atoms with Crippen molar-refractivity contribution in [1.29, 1.82) is 0 Å². The Balaban J connectivity index is 2.05. The van der Waals surface area contributed by atoms with Crippen LogP contribution in [0.4, 0.5) is 5.69 Å². The van der Waals surface area contributed by atoms with Crippen molar-refractivity contribution in [3.63, 3.8) is 0 Å². The number of nitrogens with zero attached hydrogens (tertiary/aromatic N) is 2. The number of aryl methyl sites for hydroxylation is 2. The zero-order chi connectivity index (χ0) is 17.1. The van der Waals surface area contributed by atoms with E-state index in [9.17, 15) is 4.79 Å². The first-order chi connectivity index (χ1) is 11.6. The monoisotopic (exact) mass is 341 g/mol. The molecule has 3 rings (SSSR count). The summed E-state index contributed by atoms with van der Waals surface area (Å²) in [7, 11) is 0. The van der Waals surface area contributed by atoms with Gasteiger partial charge >= 0.3 is 0 Å². The van der Waals surface area contributed by atoms with Crippen molar-refractivity contribution in [2.75, 3.05) is 5.32 Å². The quantitative estimate of drug-likeness (QED) is 0.727. The van der Waals surface area contributed by atoms with Gasteiger partial charge in [0.1, 0.15) is 11.3 Å². The van der Waals surface area contributed by atoms with Crippen LogP contribution in [0, 0.1) is 0 Å². The highest BCUT2D eigenvalue weighted by molar-refractivity contribution is 6.30. The van der Waals surface area contributed by atoms with E-state index in [0.29, 0.717) is 10.7 Å². The molecule has 1 amide bonds. The first-order valence-corrected chi connectivity index (χ1v) is 8.57. The number of halogens is 1. The smallest absolute Gasteiger partial charge is 0.274 e. The van der Waals surface area contributed by atoms with Gasteiger partial charge in [-0.2, -0.15) is 0 Å². The lowest BCUT2D eigenvalue weighted by Gasteiger charge is -2.10. The van der Waals surface area contributed by atoms with Gasteiger partial charge in [0.05, 0.1) is 10.7 Å². The van der Waals surface area contributed by atoms with Gasteiger partial charge < -0.3 is 5.32 Å². The fourth-order valence-corrected chi connectivity index (χ4v) is 3.01. The maximum Gasteiger partial charge on any atom is 0.274 e. The Morgan fingerprint density at radius 1 is 1.21 bits per heavy atom. The van der Waals surface area contributed by atoms with Crippen LogP contribution < -0.4 is 5.32 Å². The Hall–Kier alpha value is -2.33. The second-order valence-electron chi connectivity index (χ2n) is 5.70. The van der Waals surface area contributed by atoms with E-state index >= 15 is 0 Å². The van der Waals surface area contributed by atoms with Crippen LogP contribution in [0.15, 0.2) is 42.6 Å². The fourth-order valence-electron chi connectivity index (χ4n) is 2.85. The summed E-state index contributed by atoms with van der Waals surface area (Å²) >= 11 is 6.11. The minimum atomic E-state index is -0.158. The van der Waals surface area contributed by atoms with E-state index in [4.69, 9.17) is 11.6 Å². The number of hydrogen-bond acceptors (Lipinski definition) is 2. The molecule has 0 saturated heterocycles. The van der Waals surface area contributed by atoms with E-state index in [1.807, 2.05) is 30.3 Å². The van der Waals surface area contributed by atoms with Crippen LogP contribution in [-0.4, -0.2) is 15.3 Å². The first kappa shape index (κ1) is 16.5. The van der Waals surface area contributed by atoms with Gasteiger partial charge in [-0.3, -0.25) is 9.20 Å². The maximum atomic E-state index is 12.9. The summed E-state index contributed by atoms with van der Waals surface area (Å²) in [4.78, 5) is 17.5. The predicted molar refractivity (Wildman–Crippen MR) is 98.0 cm³/mol. The minimum absolute atomic E-state index is 0.158. The zero-order valence-corrected chi connectivity index (χ0v) is 14.6.